The molecule has 0 aromatic rings. The Bertz CT molecular complexity index is 181. The lowest BCUT2D eigenvalue weighted by molar-refractivity contribution is -0.302. The maximum Gasteiger partial charge on any atom is 0.419 e. The van der Waals surface area contributed by atoms with Gasteiger partial charge < -0.3 is 9.84 Å². The van der Waals surface area contributed by atoms with Crippen LogP contribution in [0, 0.1) is 0 Å². The van der Waals surface area contributed by atoms with Gasteiger partial charge >= 0.3 is 6.18 Å². The Kier molecular flexibility index (Phi) is 2.87. The number of rotatable bonds is 1. The predicted octanol–water partition coefficient (Wildman–Crippen LogP) is 1.87. The molecule has 1 rings (SSSR count). The zero-order valence-electron chi connectivity index (χ0n) is 7.40. The lowest BCUT2D eigenvalue weighted by Crippen LogP contribution is -2.56. The quantitative estimate of drug-likeness (QED) is 0.697. The minimum Gasteiger partial charge on any atom is -0.378 e. The minimum atomic E-state index is -4.59. The van der Waals surface area contributed by atoms with Crippen LogP contribution in [-0.4, -0.2) is 30.1 Å². The first-order chi connectivity index (χ1) is 5.92. The van der Waals surface area contributed by atoms with Gasteiger partial charge in [-0.2, -0.15) is 13.2 Å². The van der Waals surface area contributed by atoms with Crippen LogP contribution in [0.5, 0.6) is 0 Å². The predicted molar refractivity (Wildman–Crippen MR) is 40.3 cm³/mol. The van der Waals surface area contributed by atoms with E-state index in [0.717, 1.165) is 0 Å². The van der Waals surface area contributed by atoms with Crippen molar-refractivity contribution >= 4 is 0 Å². The van der Waals surface area contributed by atoms with Crippen molar-refractivity contribution in [3.63, 3.8) is 0 Å². The fourth-order valence-electron chi connectivity index (χ4n) is 1.76. The van der Waals surface area contributed by atoms with Crippen LogP contribution in [0.1, 0.15) is 25.7 Å². The molecule has 0 radical (unpaired) electrons. The molecule has 2 atom stereocenters. The smallest absolute Gasteiger partial charge is 0.378 e. The summed E-state index contributed by atoms with van der Waals surface area (Å²) in [7, 11) is 1.20. The molecule has 2 unspecified atom stereocenters. The monoisotopic (exact) mass is 198 g/mol. The van der Waals surface area contributed by atoms with E-state index in [-0.39, 0.29) is 12.8 Å². The van der Waals surface area contributed by atoms with Gasteiger partial charge in [-0.05, 0) is 12.8 Å². The van der Waals surface area contributed by atoms with E-state index in [1.807, 2.05) is 0 Å². The van der Waals surface area contributed by atoms with Crippen molar-refractivity contribution in [2.24, 2.45) is 0 Å². The number of halogens is 3. The maximum absolute atomic E-state index is 12.4. The van der Waals surface area contributed by atoms with Crippen LogP contribution in [0.25, 0.3) is 0 Å². The highest BCUT2D eigenvalue weighted by molar-refractivity contribution is 4.96. The molecule has 0 aromatic heterocycles. The maximum atomic E-state index is 12.4. The molecule has 0 saturated heterocycles. The Labute approximate surface area is 74.7 Å². The highest BCUT2D eigenvalue weighted by Crippen LogP contribution is 2.42. The Morgan fingerprint density at radius 1 is 1.38 bits per heavy atom. The van der Waals surface area contributed by atoms with E-state index in [0.29, 0.717) is 12.8 Å². The summed E-state index contributed by atoms with van der Waals surface area (Å²) >= 11 is 0. The number of alkyl halides is 3. The minimum absolute atomic E-state index is 0.255. The molecule has 0 aliphatic heterocycles. The van der Waals surface area contributed by atoms with Crippen LogP contribution < -0.4 is 0 Å². The van der Waals surface area contributed by atoms with Crippen molar-refractivity contribution in [2.75, 3.05) is 7.11 Å². The second kappa shape index (κ2) is 3.46. The second-order valence-electron chi connectivity index (χ2n) is 3.39. The van der Waals surface area contributed by atoms with E-state index in [2.05, 4.69) is 4.74 Å². The Morgan fingerprint density at radius 3 is 2.38 bits per heavy atom. The first-order valence-electron chi connectivity index (χ1n) is 4.23. The molecular formula is C8H13F3O2. The number of methoxy groups -OCH3 is 1. The lowest BCUT2D eigenvalue weighted by atomic mass is 9.81. The third kappa shape index (κ3) is 1.81. The summed E-state index contributed by atoms with van der Waals surface area (Å²) in [6.45, 7) is 0. The van der Waals surface area contributed by atoms with Crippen LogP contribution in [0.2, 0.25) is 0 Å². The summed E-state index contributed by atoms with van der Waals surface area (Å²) in [5, 5.41) is 9.42. The SMILES string of the molecule is COC1CCCCC1(O)C(F)(F)F. The van der Waals surface area contributed by atoms with Crippen LogP contribution >= 0.6 is 0 Å². The highest BCUT2D eigenvalue weighted by atomic mass is 19.4. The normalized spacial score (nSPS) is 36.2. The van der Waals surface area contributed by atoms with Gasteiger partial charge in [0, 0.05) is 7.11 Å². The van der Waals surface area contributed by atoms with Gasteiger partial charge in [0.2, 0.25) is 0 Å². The molecule has 0 heterocycles. The lowest BCUT2D eigenvalue weighted by Gasteiger charge is -2.39. The van der Waals surface area contributed by atoms with E-state index in [9.17, 15) is 18.3 Å². The zero-order chi connectivity index (χ0) is 10.1. The molecule has 5 heteroatoms. The van der Waals surface area contributed by atoms with Crippen molar-refractivity contribution in [3.05, 3.63) is 0 Å². The molecule has 1 saturated carbocycles. The second-order valence-corrected chi connectivity index (χ2v) is 3.39. The van der Waals surface area contributed by atoms with Crippen molar-refractivity contribution in [1.29, 1.82) is 0 Å². The van der Waals surface area contributed by atoms with Gasteiger partial charge in [0.15, 0.2) is 5.60 Å². The van der Waals surface area contributed by atoms with E-state index >= 15 is 0 Å². The van der Waals surface area contributed by atoms with Crippen LogP contribution in [0.4, 0.5) is 13.2 Å². The standard InChI is InChI=1S/C8H13F3O2/c1-13-6-4-2-3-5-7(6,12)8(9,10)11/h6,12H,2-5H2,1H3. The van der Waals surface area contributed by atoms with Gasteiger partial charge in [-0.15, -0.1) is 0 Å². The van der Waals surface area contributed by atoms with Crippen LogP contribution in [0.15, 0.2) is 0 Å². The molecule has 2 nitrogen and oxygen atoms in total. The molecular weight excluding hydrogens is 185 g/mol. The van der Waals surface area contributed by atoms with Crippen LogP contribution in [-0.2, 0) is 4.74 Å². The molecule has 1 N–H and O–H groups in total. The largest absolute Gasteiger partial charge is 0.419 e. The van der Waals surface area contributed by atoms with Gasteiger partial charge in [0.1, 0.15) is 0 Å². The average molecular weight is 198 g/mol. The first kappa shape index (κ1) is 10.8. The molecule has 0 spiro atoms. The fraction of sp³-hybridized carbons (Fsp3) is 1.00. The summed E-state index contributed by atoms with van der Waals surface area (Å²) in [6, 6.07) is 0. The summed E-state index contributed by atoms with van der Waals surface area (Å²) in [4.78, 5) is 0. The van der Waals surface area contributed by atoms with Crippen molar-refractivity contribution in [2.45, 2.75) is 43.6 Å². The van der Waals surface area contributed by atoms with Crippen molar-refractivity contribution in [3.8, 4) is 0 Å². The third-order valence-corrected chi connectivity index (χ3v) is 2.58. The van der Waals surface area contributed by atoms with E-state index in [1.54, 1.807) is 0 Å². The summed E-state index contributed by atoms with van der Waals surface area (Å²) in [5.41, 5.74) is -2.64. The first-order valence-corrected chi connectivity index (χ1v) is 4.23. The van der Waals surface area contributed by atoms with Crippen LogP contribution in [0.3, 0.4) is 0 Å². The van der Waals surface area contributed by atoms with E-state index < -0.39 is 17.9 Å². The molecule has 0 aromatic carbocycles. The molecule has 1 aliphatic carbocycles. The Morgan fingerprint density at radius 2 is 2.00 bits per heavy atom. The number of aliphatic hydroxyl groups is 1. The molecule has 1 aliphatic rings. The third-order valence-electron chi connectivity index (χ3n) is 2.58. The van der Waals surface area contributed by atoms with Gasteiger partial charge in [0.05, 0.1) is 6.10 Å². The van der Waals surface area contributed by atoms with Gasteiger partial charge in [0.25, 0.3) is 0 Å². The topological polar surface area (TPSA) is 29.5 Å². The van der Waals surface area contributed by atoms with E-state index in [4.69, 9.17) is 0 Å². The number of ether oxygens (including phenoxy) is 1. The molecule has 0 amide bonds. The summed E-state index contributed by atoms with van der Waals surface area (Å²) in [5.74, 6) is 0. The van der Waals surface area contributed by atoms with Crippen molar-refractivity contribution in [1.82, 2.24) is 0 Å². The van der Waals surface area contributed by atoms with Crippen molar-refractivity contribution < 1.29 is 23.0 Å². The molecule has 13 heavy (non-hydrogen) atoms. The molecule has 0 bridgehead atoms. The Hall–Kier alpha value is -0.290. The molecule has 78 valence electrons. The summed E-state index contributed by atoms with van der Waals surface area (Å²) < 4.78 is 42.0. The van der Waals surface area contributed by atoms with Gasteiger partial charge in [-0.25, -0.2) is 0 Å². The van der Waals surface area contributed by atoms with Gasteiger partial charge in [-0.3, -0.25) is 0 Å². The number of hydrogen-bond donors (Lipinski definition) is 1. The highest BCUT2D eigenvalue weighted by Gasteiger charge is 2.59. The van der Waals surface area contributed by atoms with E-state index in [1.165, 1.54) is 7.11 Å². The number of hydrogen-bond acceptors (Lipinski definition) is 2. The molecule has 1 fully saturated rings. The zero-order valence-corrected chi connectivity index (χ0v) is 7.40. The average Bonchev–Trinajstić information content (AvgIpc) is 2.03. The van der Waals surface area contributed by atoms with Gasteiger partial charge in [-0.1, -0.05) is 12.8 Å². The Balaban J connectivity index is 2.83. The summed E-state index contributed by atoms with van der Waals surface area (Å²) in [6.07, 6.45) is -4.61. The fourth-order valence-corrected chi connectivity index (χ4v) is 1.76.